The molecule has 1 amide bonds. The van der Waals surface area contributed by atoms with Crippen molar-refractivity contribution in [2.45, 2.75) is 38.5 Å². The Hall–Kier alpha value is -2.01. The Morgan fingerprint density at radius 1 is 1.23 bits per heavy atom. The van der Waals surface area contributed by atoms with Gasteiger partial charge in [0.15, 0.2) is 0 Å². The first-order valence-electron chi connectivity index (χ1n) is 9.15. The average molecular weight is 415 g/mol. The summed E-state index contributed by atoms with van der Waals surface area (Å²) in [7, 11) is 0. The number of nitrogens with one attached hydrogen (secondary N) is 2. The number of alkyl carbamates (subject to hydrolysis) is 1. The smallest absolute Gasteiger partial charge is 0.407 e. The molecular formula is C21H23BrN2O2. The molecule has 5 heteroatoms. The number of anilines is 1. The first kappa shape index (κ1) is 17.4. The van der Waals surface area contributed by atoms with Crippen LogP contribution in [0.5, 0.6) is 0 Å². The monoisotopic (exact) mass is 414 g/mol. The van der Waals surface area contributed by atoms with Gasteiger partial charge in [0, 0.05) is 22.1 Å². The zero-order chi connectivity index (χ0) is 18.1. The van der Waals surface area contributed by atoms with Gasteiger partial charge in [-0.1, -0.05) is 53.2 Å². The van der Waals surface area contributed by atoms with Gasteiger partial charge in [-0.25, -0.2) is 4.79 Å². The normalized spacial score (nSPS) is 24.3. The summed E-state index contributed by atoms with van der Waals surface area (Å²) in [6.45, 7) is 2.49. The van der Waals surface area contributed by atoms with Crippen LogP contribution < -0.4 is 10.6 Å². The minimum Gasteiger partial charge on any atom is -0.445 e. The lowest BCUT2D eigenvalue weighted by molar-refractivity contribution is 0.130. The lowest BCUT2D eigenvalue weighted by Gasteiger charge is -2.39. The van der Waals surface area contributed by atoms with E-state index >= 15 is 0 Å². The van der Waals surface area contributed by atoms with Crippen LogP contribution in [0.2, 0.25) is 0 Å². The van der Waals surface area contributed by atoms with Gasteiger partial charge in [-0.3, -0.25) is 0 Å². The molecule has 2 aromatic rings. The zero-order valence-electron chi connectivity index (χ0n) is 14.7. The molecule has 0 spiro atoms. The molecule has 2 N–H and O–H groups in total. The van der Waals surface area contributed by atoms with E-state index in [1.807, 2.05) is 36.4 Å². The molecule has 2 aliphatic rings. The van der Waals surface area contributed by atoms with Gasteiger partial charge in [-0.05, 0) is 48.1 Å². The van der Waals surface area contributed by atoms with E-state index in [1.54, 1.807) is 0 Å². The number of ether oxygens (including phenoxy) is 1. The highest BCUT2D eigenvalue weighted by atomic mass is 79.9. The van der Waals surface area contributed by atoms with Crippen LogP contribution in [0, 0.1) is 11.8 Å². The van der Waals surface area contributed by atoms with E-state index in [0.717, 1.165) is 21.3 Å². The van der Waals surface area contributed by atoms with Crippen molar-refractivity contribution in [3.05, 3.63) is 64.1 Å². The van der Waals surface area contributed by atoms with Gasteiger partial charge in [-0.2, -0.15) is 0 Å². The average Bonchev–Trinajstić information content (AvgIpc) is 3.48. The summed E-state index contributed by atoms with van der Waals surface area (Å²) in [6, 6.07) is 16.3. The Balaban J connectivity index is 1.50. The maximum atomic E-state index is 12.5. The number of fused-ring (bicyclic) bond motifs is 1. The van der Waals surface area contributed by atoms with Crippen LogP contribution in [-0.4, -0.2) is 12.1 Å². The zero-order valence-corrected chi connectivity index (χ0v) is 16.3. The highest BCUT2D eigenvalue weighted by Gasteiger charge is 2.42. The Bertz CT molecular complexity index is 792. The molecule has 0 saturated heterocycles. The number of carbonyl (C=O) groups is 1. The molecule has 1 heterocycles. The fourth-order valence-electron chi connectivity index (χ4n) is 3.83. The molecule has 1 aliphatic carbocycles. The molecule has 2 unspecified atom stereocenters. The van der Waals surface area contributed by atoms with Crippen molar-refractivity contribution in [1.82, 2.24) is 5.32 Å². The van der Waals surface area contributed by atoms with Gasteiger partial charge in [-0.15, -0.1) is 0 Å². The number of rotatable bonds is 4. The Morgan fingerprint density at radius 3 is 2.73 bits per heavy atom. The molecule has 26 heavy (non-hydrogen) atoms. The van der Waals surface area contributed by atoms with Crippen LogP contribution in [-0.2, 0) is 11.3 Å². The molecule has 1 aliphatic heterocycles. The van der Waals surface area contributed by atoms with E-state index in [2.05, 4.69) is 45.6 Å². The minimum atomic E-state index is -0.368. The van der Waals surface area contributed by atoms with Gasteiger partial charge < -0.3 is 15.4 Å². The summed E-state index contributed by atoms with van der Waals surface area (Å²) in [5.74, 6) is 1.00. The summed E-state index contributed by atoms with van der Waals surface area (Å²) >= 11 is 3.55. The van der Waals surface area contributed by atoms with Crippen LogP contribution in [0.3, 0.4) is 0 Å². The lowest BCUT2D eigenvalue weighted by Crippen LogP contribution is -2.45. The Morgan fingerprint density at radius 2 is 2.00 bits per heavy atom. The highest BCUT2D eigenvalue weighted by Crippen LogP contribution is 2.46. The van der Waals surface area contributed by atoms with Crippen LogP contribution >= 0.6 is 15.9 Å². The third-order valence-corrected chi connectivity index (χ3v) is 5.87. The Kier molecular flexibility index (Phi) is 4.90. The van der Waals surface area contributed by atoms with E-state index < -0.39 is 0 Å². The van der Waals surface area contributed by atoms with Crippen molar-refractivity contribution in [1.29, 1.82) is 0 Å². The first-order valence-corrected chi connectivity index (χ1v) is 9.94. The molecule has 0 aromatic heterocycles. The minimum absolute atomic E-state index is 0.0578. The summed E-state index contributed by atoms with van der Waals surface area (Å²) in [5, 5.41) is 6.80. The molecule has 1 saturated carbocycles. The number of halogens is 1. The molecule has 0 radical (unpaired) electrons. The molecule has 0 bridgehead atoms. The van der Waals surface area contributed by atoms with Gasteiger partial charge >= 0.3 is 6.09 Å². The third-order valence-electron chi connectivity index (χ3n) is 5.38. The number of hydrogen-bond donors (Lipinski definition) is 2. The van der Waals surface area contributed by atoms with Crippen molar-refractivity contribution in [2.75, 3.05) is 5.32 Å². The molecule has 3 atom stereocenters. The molecule has 4 nitrogen and oxygen atoms in total. The predicted molar refractivity (Wildman–Crippen MR) is 106 cm³/mol. The van der Waals surface area contributed by atoms with E-state index in [1.165, 1.54) is 12.8 Å². The van der Waals surface area contributed by atoms with Crippen molar-refractivity contribution < 1.29 is 9.53 Å². The molecule has 2 aromatic carbocycles. The highest BCUT2D eigenvalue weighted by molar-refractivity contribution is 9.10. The van der Waals surface area contributed by atoms with Crippen molar-refractivity contribution in [3.8, 4) is 0 Å². The summed E-state index contributed by atoms with van der Waals surface area (Å²) in [6.07, 6.45) is 2.16. The third kappa shape index (κ3) is 3.73. The van der Waals surface area contributed by atoms with Gasteiger partial charge in [0.25, 0.3) is 0 Å². The summed E-state index contributed by atoms with van der Waals surface area (Å²) in [5.41, 5.74) is 3.21. The van der Waals surface area contributed by atoms with Crippen LogP contribution in [0.25, 0.3) is 0 Å². The topological polar surface area (TPSA) is 50.4 Å². The fourth-order valence-corrected chi connectivity index (χ4v) is 4.21. The van der Waals surface area contributed by atoms with Gasteiger partial charge in [0.05, 0.1) is 6.04 Å². The second-order valence-electron chi connectivity index (χ2n) is 7.28. The van der Waals surface area contributed by atoms with E-state index in [9.17, 15) is 4.79 Å². The number of carbonyl (C=O) groups excluding carboxylic acids is 1. The largest absolute Gasteiger partial charge is 0.445 e. The second-order valence-corrected chi connectivity index (χ2v) is 8.20. The van der Waals surface area contributed by atoms with Crippen molar-refractivity contribution >= 4 is 27.7 Å². The van der Waals surface area contributed by atoms with Crippen LogP contribution in [0.4, 0.5) is 10.5 Å². The maximum Gasteiger partial charge on any atom is 0.407 e. The SMILES string of the molecule is CC1C(NC(=O)OCc2ccccc2)c2cc(Br)ccc2N[C@H]1C1CC1. The van der Waals surface area contributed by atoms with Gasteiger partial charge in [0.2, 0.25) is 0 Å². The second kappa shape index (κ2) is 7.31. The standard InChI is InChI=1S/C21H23BrN2O2/c1-13-19(15-7-8-15)23-18-10-9-16(22)11-17(18)20(13)24-21(25)26-12-14-5-3-2-4-6-14/h2-6,9-11,13,15,19-20,23H,7-8,12H2,1H3,(H,24,25)/t13?,19-,20?/m1/s1. The summed E-state index contributed by atoms with van der Waals surface area (Å²) in [4.78, 5) is 12.5. The molecule has 4 rings (SSSR count). The van der Waals surface area contributed by atoms with E-state index in [-0.39, 0.29) is 18.7 Å². The van der Waals surface area contributed by atoms with Crippen molar-refractivity contribution in [3.63, 3.8) is 0 Å². The van der Waals surface area contributed by atoms with Gasteiger partial charge in [0.1, 0.15) is 6.61 Å². The quantitative estimate of drug-likeness (QED) is 0.717. The van der Waals surface area contributed by atoms with Crippen LogP contribution in [0.1, 0.15) is 36.9 Å². The molecule has 1 fully saturated rings. The number of hydrogen-bond acceptors (Lipinski definition) is 3. The lowest BCUT2D eigenvalue weighted by atomic mass is 9.82. The van der Waals surface area contributed by atoms with Crippen LogP contribution in [0.15, 0.2) is 53.0 Å². The predicted octanol–water partition coefficient (Wildman–Crippen LogP) is 5.26. The summed E-state index contributed by atoms with van der Waals surface area (Å²) < 4.78 is 6.47. The fraction of sp³-hybridized carbons (Fsp3) is 0.381. The van der Waals surface area contributed by atoms with E-state index in [0.29, 0.717) is 17.9 Å². The maximum absolute atomic E-state index is 12.5. The van der Waals surface area contributed by atoms with Crippen molar-refractivity contribution in [2.24, 2.45) is 11.8 Å². The number of amides is 1. The van der Waals surface area contributed by atoms with E-state index in [4.69, 9.17) is 4.74 Å². The Labute approximate surface area is 162 Å². The molecule has 136 valence electrons. The molecular weight excluding hydrogens is 392 g/mol. The number of benzene rings is 2. The first-order chi connectivity index (χ1) is 12.6.